The molecule has 0 saturated heterocycles. The molecule has 69 heavy (non-hydrogen) atoms. The zero-order valence-corrected chi connectivity index (χ0v) is 45.7. The van der Waals surface area contributed by atoms with Crippen molar-refractivity contribution in [2.45, 2.75) is 277 Å². The molecule has 0 aromatic carbocycles. The van der Waals surface area contributed by atoms with Crippen LogP contribution in [0.4, 0.5) is 0 Å². The highest BCUT2D eigenvalue weighted by atomic mass is 31.2. The van der Waals surface area contributed by atoms with Crippen LogP contribution in [0.2, 0.25) is 0 Å². The van der Waals surface area contributed by atoms with E-state index in [1.54, 1.807) is 0 Å². The van der Waals surface area contributed by atoms with Gasteiger partial charge in [-0.15, -0.1) is 0 Å². The van der Waals surface area contributed by atoms with Crippen molar-refractivity contribution < 1.29 is 37.6 Å². The number of carbonyl (C=O) groups is 2. The van der Waals surface area contributed by atoms with Gasteiger partial charge < -0.3 is 20.1 Å². The molecule has 0 fully saturated rings. The fraction of sp³-hybridized carbons (Fsp3) is 0.797. The lowest BCUT2D eigenvalue weighted by molar-refractivity contribution is -0.161. The Labute approximate surface area is 425 Å². The molecule has 0 bridgehead atoms. The fourth-order valence-electron chi connectivity index (χ4n) is 8.19. The third-order valence-electron chi connectivity index (χ3n) is 12.4. The Bertz CT molecular complexity index is 1310. The molecule has 2 unspecified atom stereocenters. The molecule has 0 spiro atoms. The van der Waals surface area contributed by atoms with Crippen LogP contribution < -0.4 is 5.73 Å². The molecule has 10 heteroatoms. The highest BCUT2D eigenvalue weighted by molar-refractivity contribution is 7.47. The van der Waals surface area contributed by atoms with E-state index < -0.39 is 26.5 Å². The lowest BCUT2D eigenvalue weighted by Gasteiger charge is -2.19. The minimum absolute atomic E-state index is 0.0503. The van der Waals surface area contributed by atoms with Crippen molar-refractivity contribution in [1.29, 1.82) is 0 Å². The van der Waals surface area contributed by atoms with E-state index in [0.29, 0.717) is 6.42 Å². The number of ether oxygens (including phenoxy) is 2. The number of phosphoric ester groups is 1. The van der Waals surface area contributed by atoms with E-state index in [1.165, 1.54) is 161 Å². The zero-order valence-electron chi connectivity index (χ0n) is 44.8. The normalized spacial score (nSPS) is 13.5. The molecule has 2 atom stereocenters. The Morgan fingerprint density at radius 3 is 1.19 bits per heavy atom. The molecule has 9 nitrogen and oxygen atoms in total. The summed E-state index contributed by atoms with van der Waals surface area (Å²) in [6.45, 7) is 3.65. The van der Waals surface area contributed by atoms with Gasteiger partial charge >= 0.3 is 19.8 Å². The predicted molar refractivity (Wildman–Crippen MR) is 293 cm³/mol. The van der Waals surface area contributed by atoms with Crippen LogP contribution in [0.5, 0.6) is 0 Å². The Hall–Kier alpha value is -2.29. The first-order valence-corrected chi connectivity index (χ1v) is 30.3. The van der Waals surface area contributed by atoms with E-state index in [0.717, 1.165) is 77.0 Å². The van der Waals surface area contributed by atoms with Crippen molar-refractivity contribution in [2.24, 2.45) is 5.73 Å². The molecular formula is C59H108NO8P. The molecule has 0 aliphatic heterocycles. The van der Waals surface area contributed by atoms with Crippen molar-refractivity contribution >= 4 is 19.8 Å². The summed E-state index contributed by atoms with van der Waals surface area (Å²) in [6.07, 6.45) is 68.5. The standard InChI is InChI=1S/C59H108NO8P/c1-3-5-7-9-11-13-15-17-19-21-23-25-27-28-30-31-33-35-37-39-41-43-45-47-49-51-58(61)65-55-57(56-67-69(63,64)66-54-53-60)68-59(62)52-50-48-46-44-42-40-38-36-34-32-29-26-24-22-20-18-16-14-12-10-8-6-4-2/h6,8,12,14,18,20,24,26,32,34,57H,3-5,7,9-11,13,15-17,19,21-23,25,27-31,33,35-56,60H2,1-2H3,(H,63,64)/b8-6-,14-12-,20-18-,26-24-,34-32-. The highest BCUT2D eigenvalue weighted by Gasteiger charge is 2.26. The first-order valence-electron chi connectivity index (χ1n) is 28.8. The second-order valence-electron chi connectivity index (χ2n) is 19.1. The van der Waals surface area contributed by atoms with E-state index in [9.17, 15) is 19.0 Å². The van der Waals surface area contributed by atoms with Gasteiger partial charge in [0.15, 0.2) is 6.10 Å². The lowest BCUT2D eigenvalue weighted by Crippen LogP contribution is -2.29. The number of allylic oxidation sites excluding steroid dienone is 10. The molecule has 0 saturated carbocycles. The number of rotatable bonds is 54. The highest BCUT2D eigenvalue weighted by Crippen LogP contribution is 2.43. The van der Waals surface area contributed by atoms with Crippen LogP contribution in [-0.4, -0.2) is 49.3 Å². The van der Waals surface area contributed by atoms with Crippen LogP contribution in [-0.2, 0) is 32.7 Å². The minimum atomic E-state index is -4.39. The quantitative estimate of drug-likeness (QED) is 0.0264. The number of phosphoric acid groups is 1. The smallest absolute Gasteiger partial charge is 0.462 e. The first kappa shape index (κ1) is 66.7. The summed E-state index contributed by atoms with van der Waals surface area (Å²) < 4.78 is 33.0. The third-order valence-corrected chi connectivity index (χ3v) is 13.4. The Balaban J connectivity index is 3.98. The summed E-state index contributed by atoms with van der Waals surface area (Å²) in [5.41, 5.74) is 5.38. The van der Waals surface area contributed by atoms with Gasteiger partial charge in [-0.3, -0.25) is 18.6 Å². The van der Waals surface area contributed by atoms with Crippen molar-refractivity contribution in [3.05, 3.63) is 60.8 Å². The number of carbonyl (C=O) groups excluding carboxylic acids is 2. The first-order chi connectivity index (χ1) is 33.8. The number of unbranched alkanes of at least 4 members (excludes halogenated alkanes) is 31. The number of esters is 2. The molecule has 3 N–H and O–H groups in total. The summed E-state index contributed by atoms with van der Waals surface area (Å²) in [5, 5.41) is 0. The lowest BCUT2D eigenvalue weighted by atomic mass is 10.0. The summed E-state index contributed by atoms with van der Waals surface area (Å²) in [5.74, 6) is -0.831. The van der Waals surface area contributed by atoms with Gasteiger partial charge in [-0.1, -0.05) is 261 Å². The van der Waals surface area contributed by atoms with E-state index in [1.807, 2.05) is 0 Å². The largest absolute Gasteiger partial charge is 0.472 e. The number of hydrogen-bond acceptors (Lipinski definition) is 8. The summed E-state index contributed by atoms with van der Waals surface area (Å²) in [7, 11) is -4.39. The second kappa shape index (κ2) is 55.0. The summed E-state index contributed by atoms with van der Waals surface area (Å²) in [4.78, 5) is 35.2. The topological polar surface area (TPSA) is 134 Å². The summed E-state index contributed by atoms with van der Waals surface area (Å²) >= 11 is 0. The zero-order chi connectivity index (χ0) is 50.2. The fourth-order valence-corrected chi connectivity index (χ4v) is 8.96. The van der Waals surface area contributed by atoms with E-state index in [4.69, 9.17) is 24.3 Å². The molecule has 0 radical (unpaired) electrons. The van der Waals surface area contributed by atoms with Gasteiger partial charge in [-0.2, -0.15) is 0 Å². The van der Waals surface area contributed by atoms with Gasteiger partial charge in [0.25, 0.3) is 0 Å². The molecule has 0 amide bonds. The second-order valence-corrected chi connectivity index (χ2v) is 20.6. The van der Waals surface area contributed by atoms with E-state index in [-0.39, 0.29) is 38.6 Å². The van der Waals surface area contributed by atoms with Crippen molar-refractivity contribution in [2.75, 3.05) is 26.4 Å². The minimum Gasteiger partial charge on any atom is -0.462 e. The SMILES string of the molecule is CC/C=C\C/C=C\C/C=C\C/C=C\C/C=C\CCCCCCCCCC(=O)OC(COC(=O)CCCCCCCCCCCCCCCCCCCCCCCCCCC)COP(=O)(O)OCCN. The van der Waals surface area contributed by atoms with Crippen LogP contribution in [0.3, 0.4) is 0 Å². The molecule has 0 aromatic heterocycles. The van der Waals surface area contributed by atoms with Gasteiger partial charge in [0.05, 0.1) is 13.2 Å². The van der Waals surface area contributed by atoms with Gasteiger partial charge in [0.1, 0.15) is 6.61 Å². The van der Waals surface area contributed by atoms with Crippen molar-refractivity contribution in [3.8, 4) is 0 Å². The van der Waals surface area contributed by atoms with Gasteiger partial charge in [-0.05, 0) is 57.8 Å². The van der Waals surface area contributed by atoms with Crippen molar-refractivity contribution in [1.82, 2.24) is 0 Å². The maximum Gasteiger partial charge on any atom is 0.472 e. The predicted octanol–water partition coefficient (Wildman–Crippen LogP) is 18.0. The van der Waals surface area contributed by atoms with Crippen LogP contribution in [0.25, 0.3) is 0 Å². The molecule has 0 rings (SSSR count). The van der Waals surface area contributed by atoms with E-state index >= 15 is 0 Å². The summed E-state index contributed by atoms with van der Waals surface area (Å²) in [6, 6.07) is 0. The van der Waals surface area contributed by atoms with Gasteiger partial charge in [0, 0.05) is 19.4 Å². The average Bonchev–Trinajstić information content (AvgIpc) is 3.34. The third kappa shape index (κ3) is 54.9. The maximum atomic E-state index is 12.7. The molecule has 0 aromatic rings. The average molecular weight is 990 g/mol. The van der Waals surface area contributed by atoms with Crippen molar-refractivity contribution in [3.63, 3.8) is 0 Å². The molecule has 0 aliphatic carbocycles. The van der Waals surface area contributed by atoms with Gasteiger partial charge in [0.2, 0.25) is 0 Å². The van der Waals surface area contributed by atoms with Gasteiger partial charge in [-0.25, -0.2) is 4.57 Å². The number of nitrogens with two attached hydrogens (primary N) is 1. The van der Waals surface area contributed by atoms with Crippen LogP contribution in [0, 0.1) is 0 Å². The Morgan fingerprint density at radius 2 is 0.797 bits per heavy atom. The maximum absolute atomic E-state index is 12.7. The van der Waals surface area contributed by atoms with Crippen LogP contribution >= 0.6 is 7.82 Å². The molecule has 0 aliphatic rings. The number of hydrogen-bond donors (Lipinski definition) is 2. The monoisotopic (exact) mass is 990 g/mol. The Kier molecular flexibility index (Phi) is 53.2. The Morgan fingerprint density at radius 1 is 0.449 bits per heavy atom. The van der Waals surface area contributed by atoms with Crippen LogP contribution in [0.15, 0.2) is 60.8 Å². The van der Waals surface area contributed by atoms with Crippen LogP contribution in [0.1, 0.15) is 271 Å². The molecule has 402 valence electrons. The molecular weight excluding hydrogens is 882 g/mol. The molecule has 0 heterocycles. The van der Waals surface area contributed by atoms with E-state index in [2.05, 4.69) is 74.6 Å².